The minimum absolute atomic E-state index is 0.297. The largest absolute Gasteiger partial charge is 0.393 e. The van der Waals surface area contributed by atoms with E-state index in [1.165, 1.54) is 20.4 Å². The van der Waals surface area contributed by atoms with Crippen molar-refractivity contribution >= 4 is 22.6 Å². The van der Waals surface area contributed by atoms with E-state index in [0.717, 1.165) is 25.0 Å². The van der Waals surface area contributed by atoms with Crippen LogP contribution in [-0.2, 0) is 19.9 Å². The summed E-state index contributed by atoms with van der Waals surface area (Å²) in [6.07, 6.45) is 2.08. The number of aliphatic hydroxyl groups excluding tert-OH is 1. The lowest BCUT2D eigenvalue weighted by Gasteiger charge is -2.11. The maximum Gasteiger partial charge on any atom is 0.0628 e. The van der Waals surface area contributed by atoms with Crippen LogP contribution in [0.3, 0.4) is 0 Å². The third kappa shape index (κ3) is 3.82. The first-order valence-electron chi connectivity index (χ1n) is 6.89. The van der Waals surface area contributed by atoms with Gasteiger partial charge in [0.1, 0.15) is 0 Å². The topological polar surface area (TPSA) is 38.0 Å². The van der Waals surface area contributed by atoms with E-state index in [-0.39, 0.29) is 6.10 Å². The van der Waals surface area contributed by atoms with Gasteiger partial charge < -0.3 is 5.11 Å². The first-order chi connectivity index (χ1) is 9.47. The second kappa shape index (κ2) is 6.72. The molecule has 1 heterocycles. The Bertz CT molecular complexity index is 575. The van der Waals surface area contributed by atoms with Crippen LogP contribution in [0.25, 0.3) is 0 Å². The van der Waals surface area contributed by atoms with Gasteiger partial charge in [0, 0.05) is 16.3 Å². The third-order valence-electron chi connectivity index (χ3n) is 3.77. The monoisotopic (exact) mass is 384 g/mol. The molecule has 0 saturated heterocycles. The summed E-state index contributed by atoms with van der Waals surface area (Å²) in [6.45, 7) is 4.12. The molecule has 1 unspecified atom stereocenters. The highest BCUT2D eigenvalue weighted by Crippen LogP contribution is 2.16. The lowest BCUT2D eigenvalue weighted by Crippen LogP contribution is -2.12. The maximum atomic E-state index is 10.2. The van der Waals surface area contributed by atoms with Crippen molar-refractivity contribution in [2.75, 3.05) is 0 Å². The van der Waals surface area contributed by atoms with Crippen molar-refractivity contribution < 1.29 is 5.11 Å². The molecule has 0 amide bonds. The highest BCUT2D eigenvalue weighted by atomic mass is 127. The van der Waals surface area contributed by atoms with E-state index in [1.54, 1.807) is 0 Å². The third-order valence-corrected chi connectivity index (χ3v) is 4.49. The molecule has 2 rings (SSSR count). The van der Waals surface area contributed by atoms with Crippen LogP contribution in [0.2, 0.25) is 0 Å². The molecule has 108 valence electrons. The second-order valence-corrected chi connectivity index (χ2v) is 6.54. The van der Waals surface area contributed by atoms with Gasteiger partial charge in [0.05, 0.1) is 11.8 Å². The Labute approximate surface area is 134 Å². The molecule has 0 aliphatic carbocycles. The molecule has 1 aromatic heterocycles. The summed E-state index contributed by atoms with van der Waals surface area (Å²) in [5, 5.41) is 14.6. The van der Waals surface area contributed by atoms with Gasteiger partial charge in [-0.15, -0.1) is 0 Å². The van der Waals surface area contributed by atoms with Crippen LogP contribution in [0, 0.1) is 17.4 Å². The van der Waals surface area contributed by atoms with Crippen LogP contribution in [0.5, 0.6) is 0 Å². The zero-order chi connectivity index (χ0) is 14.7. The number of aryl methyl sites for hydroxylation is 2. The Morgan fingerprint density at radius 1 is 1.25 bits per heavy atom. The second-order valence-electron chi connectivity index (χ2n) is 5.30. The van der Waals surface area contributed by atoms with Crippen molar-refractivity contribution in [3.8, 4) is 0 Å². The normalized spacial score (nSPS) is 12.7. The van der Waals surface area contributed by atoms with Crippen LogP contribution >= 0.6 is 22.6 Å². The molecule has 0 spiro atoms. The molecular formula is C16H21IN2O. The maximum absolute atomic E-state index is 10.2. The average Bonchev–Trinajstić information content (AvgIpc) is 2.64. The lowest BCUT2D eigenvalue weighted by atomic mass is 10.0. The predicted molar refractivity (Wildman–Crippen MR) is 89.9 cm³/mol. The Hall–Kier alpha value is -0.880. The lowest BCUT2D eigenvalue weighted by molar-refractivity contribution is 0.165. The van der Waals surface area contributed by atoms with Crippen LogP contribution in [0.4, 0.5) is 0 Å². The standard InChI is InChI=1S/C16H21IN2O/c1-11-16(12(2)19(3)18-11)9-8-15(20)10-13-4-6-14(17)7-5-13/h4-7,15,20H,8-10H2,1-3H3. The molecule has 0 saturated carbocycles. The molecule has 4 heteroatoms. The SMILES string of the molecule is Cc1nn(C)c(C)c1CCC(O)Cc1ccc(I)cc1. The molecule has 3 nitrogen and oxygen atoms in total. The Morgan fingerprint density at radius 3 is 2.45 bits per heavy atom. The van der Waals surface area contributed by atoms with Crippen LogP contribution in [0.1, 0.15) is 28.9 Å². The van der Waals surface area contributed by atoms with Gasteiger partial charge in [-0.1, -0.05) is 12.1 Å². The number of hydrogen-bond donors (Lipinski definition) is 1. The molecule has 0 fully saturated rings. The van der Waals surface area contributed by atoms with Crippen molar-refractivity contribution in [3.63, 3.8) is 0 Å². The van der Waals surface area contributed by atoms with Crippen molar-refractivity contribution in [1.29, 1.82) is 0 Å². The Morgan fingerprint density at radius 2 is 1.90 bits per heavy atom. The van der Waals surface area contributed by atoms with Crippen molar-refractivity contribution in [2.24, 2.45) is 7.05 Å². The minimum atomic E-state index is -0.297. The highest BCUT2D eigenvalue weighted by Gasteiger charge is 2.12. The first-order valence-corrected chi connectivity index (χ1v) is 7.97. The van der Waals surface area contributed by atoms with E-state index >= 15 is 0 Å². The summed E-state index contributed by atoms with van der Waals surface area (Å²) in [7, 11) is 1.97. The molecule has 1 atom stereocenters. The summed E-state index contributed by atoms with van der Waals surface area (Å²) in [5.74, 6) is 0. The van der Waals surface area contributed by atoms with Crippen molar-refractivity contribution in [2.45, 2.75) is 39.2 Å². The molecule has 0 radical (unpaired) electrons. The molecule has 1 aromatic carbocycles. The average molecular weight is 384 g/mol. The van der Waals surface area contributed by atoms with E-state index in [2.05, 4.69) is 58.9 Å². The Kier molecular flexibility index (Phi) is 5.21. The van der Waals surface area contributed by atoms with E-state index in [0.29, 0.717) is 0 Å². The van der Waals surface area contributed by atoms with Gasteiger partial charge in [-0.05, 0) is 79.0 Å². The first kappa shape index (κ1) is 15.5. The molecule has 0 aliphatic heterocycles. The highest BCUT2D eigenvalue weighted by molar-refractivity contribution is 14.1. The molecule has 1 N–H and O–H groups in total. The van der Waals surface area contributed by atoms with E-state index in [1.807, 2.05) is 18.7 Å². The van der Waals surface area contributed by atoms with E-state index < -0.39 is 0 Å². The number of hydrogen-bond acceptors (Lipinski definition) is 2. The van der Waals surface area contributed by atoms with E-state index in [9.17, 15) is 5.11 Å². The summed E-state index contributed by atoms with van der Waals surface area (Å²) >= 11 is 2.29. The van der Waals surface area contributed by atoms with Gasteiger partial charge >= 0.3 is 0 Å². The summed E-state index contributed by atoms with van der Waals surface area (Å²) in [5.41, 5.74) is 4.74. The number of aliphatic hydroxyl groups is 1. The van der Waals surface area contributed by atoms with Gasteiger partial charge in [-0.2, -0.15) is 5.10 Å². The zero-order valence-corrected chi connectivity index (χ0v) is 14.4. The number of benzene rings is 1. The van der Waals surface area contributed by atoms with Crippen molar-refractivity contribution in [1.82, 2.24) is 9.78 Å². The van der Waals surface area contributed by atoms with Gasteiger partial charge in [-0.25, -0.2) is 0 Å². The molecule has 0 aliphatic rings. The van der Waals surface area contributed by atoms with Gasteiger partial charge in [0.25, 0.3) is 0 Å². The van der Waals surface area contributed by atoms with Crippen LogP contribution in [0.15, 0.2) is 24.3 Å². The molecule has 20 heavy (non-hydrogen) atoms. The fourth-order valence-electron chi connectivity index (χ4n) is 2.48. The number of nitrogens with zero attached hydrogens (tertiary/aromatic N) is 2. The van der Waals surface area contributed by atoms with Gasteiger partial charge in [0.2, 0.25) is 0 Å². The molecule has 2 aromatic rings. The summed E-state index contributed by atoms with van der Waals surface area (Å²) < 4.78 is 3.14. The smallest absolute Gasteiger partial charge is 0.0628 e. The zero-order valence-electron chi connectivity index (χ0n) is 12.2. The number of halogens is 1. The van der Waals surface area contributed by atoms with Crippen molar-refractivity contribution in [3.05, 3.63) is 50.4 Å². The van der Waals surface area contributed by atoms with Crippen LogP contribution in [-0.4, -0.2) is 21.0 Å². The fourth-order valence-corrected chi connectivity index (χ4v) is 2.84. The number of rotatable bonds is 5. The Balaban J connectivity index is 1.92. The summed E-state index contributed by atoms with van der Waals surface area (Å²) in [6, 6.07) is 8.34. The predicted octanol–water partition coefficient (Wildman–Crippen LogP) is 3.18. The minimum Gasteiger partial charge on any atom is -0.393 e. The fraction of sp³-hybridized carbons (Fsp3) is 0.438. The number of aromatic nitrogens is 2. The quantitative estimate of drug-likeness (QED) is 0.805. The van der Waals surface area contributed by atoms with Crippen LogP contribution < -0.4 is 0 Å². The van der Waals surface area contributed by atoms with E-state index in [4.69, 9.17) is 0 Å². The summed E-state index contributed by atoms with van der Waals surface area (Å²) in [4.78, 5) is 0. The molecule has 0 bridgehead atoms. The van der Waals surface area contributed by atoms with Gasteiger partial charge in [-0.3, -0.25) is 4.68 Å². The van der Waals surface area contributed by atoms with Gasteiger partial charge in [0.15, 0.2) is 0 Å². The molecular weight excluding hydrogens is 363 g/mol.